The summed E-state index contributed by atoms with van der Waals surface area (Å²) < 4.78 is 0. The molecule has 2 aliphatic rings. The van der Waals surface area contributed by atoms with Gasteiger partial charge in [0, 0.05) is 44.0 Å². The van der Waals surface area contributed by atoms with Crippen molar-refractivity contribution in [1.29, 1.82) is 0 Å². The zero-order valence-corrected chi connectivity index (χ0v) is 16.1. The summed E-state index contributed by atoms with van der Waals surface area (Å²) >= 11 is 0. The molecule has 1 fully saturated rings. The highest BCUT2D eigenvalue weighted by molar-refractivity contribution is 5.94. The summed E-state index contributed by atoms with van der Waals surface area (Å²) in [4.78, 5) is 32.4. The fraction of sp³-hybridized carbons (Fsp3) is 0.409. The summed E-state index contributed by atoms with van der Waals surface area (Å²) in [6.45, 7) is 3.51. The molecule has 0 aliphatic carbocycles. The second-order valence-electron chi connectivity index (χ2n) is 7.57. The normalized spacial score (nSPS) is 17.4. The van der Waals surface area contributed by atoms with Crippen LogP contribution in [0.4, 0.5) is 5.69 Å². The maximum absolute atomic E-state index is 12.6. The van der Waals surface area contributed by atoms with E-state index in [-0.39, 0.29) is 17.9 Å². The van der Waals surface area contributed by atoms with Crippen LogP contribution in [-0.4, -0.2) is 52.5 Å². The molecule has 146 valence electrons. The molecule has 1 saturated heterocycles. The minimum Gasteiger partial charge on any atom is -0.393 e. The molecule has 0 bridgehead atoms. The van der Waals surface area contributed by atoms with E-state index in [2.05, 4.69) is 11.1 Å². The number of amides is 2. The van der Waals surface area contributed by atoms with Crippen molar-refractivity contribution in [3.05, 3.63) is 47.8 Å². The predicted molar refractivity (Wildman–Crippen MR) is 107 cm³/mol. The van der Waals surface area contributed by atoms with Gasteiger partial charge in [-0.25, -0.2) is 0 Å². The summed E-state index contributed by atoms with van der Waals surface area (Å²) in [5.41, 5.74) is 4.59. The number of benzene rings is 1. The van der Waals surface area contributed by atoms with Crippen LogP contribution in [0.15, 0.2) is 36.5 Å². The van der Waals surface area contributed by atoms with Crippen LogP contribution in [0, 0.1) is 0 Å². The van der Waals surface area contributed by atoms with Crippen molar-refractivity contribution in [1.82, 2.24) is 9.88 Å². The number of anilines is 1. The first kappa shape index (κ1) is 18.6. The number of aryl methyl sites for hydroxylation is 1. The van der Waals surface area contributed by atoms with Crippen LogP contribution < -0.4 is 4.90 Å². The second-order valence-corrected chi connectivity index (χ2v) is 7.57. The lowest BCUT2D eigenvalue weighted by Crippen LogP contribution is -2.40. The van der Waals surface area contributed by atoms with E-state index in [4.69, 9.17) is 0 Å². The number of hydrogen-bond donors (Lipinski definition) is 1. The maximum atomic E-state index is 12.6. The number of fused-ring (bicyclic) bond motifs is 1. The number of hydrogen-bond acceptors (Lipinski definition) is 4. The molecule has 6 nitrogen and oxygen atoms in total. The number of aliphatic hydroxyl groups excluding tert-OH is 1. The maximum Gasteiger partial charge on any atom is 0.272 e. The molecule has 2 amide bonds. The Bertz CT molecular complexity index is 886. The van der Waals surface area contributed by atoms with Gasteiger partial charge in [0.25, 0.3) is 5.91 Å². The van der Waals surface area contributed by atoms with Crippen molar-refractivity contribution in [3.63, 3.8) is 0 Å². The molecule has 2 aromatic rings. The van der Waals surface area contributed by atoms with Gasteiger partial charge in [-0.3, -0.25) is 14.6 Å². The minimum atomic E-state index is -0.303. The van der Waals surface area contributed by atoms with E-state index >= 15 is 0 Å². The molecule has 1 N–H and O–H groups in total. The van der Waals surface area contributed by atoms with Crippen molar-refractivity contribution in [2.45, 2.75) is 38.7 Å². The molecule has 1 aromatic carbocycles. The molecule has 28 heavy (non-hydrogen) atoms. The van der Waals surface area contributed by atoms with E-state index in [0.717, 1.165) is 36.2 Å². The molecule has 0 spiro atoms. The van der Waals surface area contributed by atoms with E-state index in [1.165, 1.54) is 5.56 Å². The summed E-state index contributed by atoms with van der Waals surface area (Å²) in [5.74, 6) is -0.00976. The summed E-state index contributed by atoms with van der Waals surface area (Å²) in [7, 11) is 0. The van der Waals surface area contributed by atoms with Crippen molar-refractivity contribution in [2.24, 2.45) is 0 Å². The molecular formula is C22H25N3O3. The first-order valence-corrected chi connectivity index (χ1v) is 9.88. The first-order chi connectivity index (χ1) is 13.5. The van der Waals surface area contributed by atoms with E-state index in [9.17, 15) is 14.7 Å². The monoisotopic (exact) mass is 379 g/mol. The lowest BCUT2D eigenvalue weighted by Gasteiger charge is -2.29. The highest BCUT2D eigenvalue weighted by Gasteiger charge is 2.23. The SMILES string of the molecule is CC(=O)N1CCCc2cc(-c3ccc(C(=O)N4CCC(O)CC4)nc3)ccc21. The predicted octanol–water partition coefficient (Wildman–Crippen LogP) is 2.64. The summed E-state index contributed by atoms with van der Waals surface area (Å²) in [6, 6.07) is 9.82. The van der Waals surface area contributed by atoms with Crippen LogP contribution >= 0.6 is 0 Å². The van der Waals surface area contributed by atoms with Crippen LogP contribution in [0.1, 0.15) is 42.2 Å². The van der Waals surface area contributed by atoms with Crippen LogP contribution in [-0.2, 0) is 11.2 Å². The van der Waals surface area contributed by atoms with Gasteiger partial charge in [0.05, 0.1) is 6.10 Å². The van der Waals surface area contributed by atoms with Gasteiger partial charge < -0.3 is 14.9 Å². The van der Waals surface area contributed by atoms with Crippen molar-refractivity contribution >= 4 is 17.5 Å². The van der Waals surface area contributed by atoms with Gasteiger partial charge in [0.2, 0.25) is 5.91 Å². The Morgan fingerprint density at radius 1 is 1.07 bits per heavy atom. The summed E-state index contributed by atoms with van der Waals surface area (Å²) in [5, 5.41) is 9.60. The zero-order chi connectivity index (χ0) is 19.7. The quantitative estimate of drug-likeness (QED) is 0.871. The van der Waals surface area contributed by atoms with Crippen molar-refractivity contribution < 1.29 is 14.7 Å². The third-order valence-electron chi connectivity index (χ3n) is 5.65. The molecular weight excluding hydrogens is 354 g/mol. The second kappa shape index (κ2) is 7.72. The van der Waals surface area contributed by atoms with Gasteiger partial charge >= 0.3 is 0 Å². The molecule has 0 atom stereocenters. The Hall–Kier alpha value is -2.73. The molecule has 0 radical (unpaired) electrons. The first-order valence-electron chi connectivity index (χ1n) is 9.88. The Labute approximate surface area is 164 Å². The number of carbonyl (C=O) groups excluding carboxylic acids is 2. The smallest absolute Gasteiger partial charge is 0.272 e. The van der Waals surface area contributed by atoms with Crippen LogP contribution in [0.2, 0.25) is 0 Å². The minimum absolute atomic E-state index is 0.0727. The van der Waals surface area contributed by atoms with E-state index < -0.39 is 0 Å². The largest absolute Gasteiger partial charge is 0.393 e. The number of rotatable bonds is 2. The third kappa shape index (κ3) is 3.64. The van der Waals surface area contributed by atoms with Crippen molar-refractivity contribution in [2.75, 3.05) is 24.5 Å². The number of nitrogens with zero attached hydrogens (tertiary/aromatic N) is 3. The molecule has 4 rings (SSSR count). The highest BCUT2D eigenvalue weighted by atomic mass is 16.3. The Morgan fingerprint density at radius 3 is 2.50 bits per heavy atom. The number of carbonyl (C=O) groups is 2. The van der Waals surface area contributed by atoms with Crippen molar-refractivity contribution in [3.8, 4) is 11.1 Å². The number of pyridine rings is 1. The number of piperidine rings is 1. The third-order valence-corrected chi connectivity index (χ3v) is 5.65. The Kier molecular flexibility index (Phi) is 5.13. The summed E-state index contributed by atoms with van der Waals surface area (Å²) in [6.07, 6.45) is 4.60. The van der Waals surface area contributed by atoms with Crippen LogP contribution in [0.5, 0.6) is 0 Å². The highest BCUT2D eigenvalue weighted by Crippen LogP contribution is 2.31. The van der Waals surface area contributed by atoms with Crippen LogP contribution in [0.25, 0.3) is 11.1 Å². The average Bonchev–Trinajstić information content (AvgIpc) is 2.73. The lowest BCUT2D eigenvalue weighted by atomic mass is 9.96. The van der Waals surface area contributed by atoms with Gasteiger partial charge in [0.1, 0.15) is 5.69 Å². The van der Waals surface area contributed by atoms with E-state index in [0.29, 0.717) is 31.6 Å². The van der Waals surface area contributed by atoms with E-state index in [1.807, 2.05) is 23.1 Å². The fourth-order valence-corrected chi connectivity index (χ4v) is 4.03. The average molecular weight is 379 g/mol. The Morgan fingerprint density at radius 2 is 1.82 bits per heavy atom. The molecule has 0 unspecified atom stereocenters. The zero-order valence-electron chi connectivity index (χ0n) is 16.1. The lowest BCUT2D eigenvalue weighted by molar-refractivity contribution is -0.116. The van der Waals surface area contributed by atoms with Crippen LogP contribution in [0.3, 0.4) is 0 Å². The molecule has 0 saturated carbocycles. The molecule has 1 aromatic heterocycles. The standard InChI is InChI=1S/C22H25N3O3/c1-15(26)25-10-2-3-17-13-16(5-7-21(17)25)18-4-6-20(23-14-18)22(28)24-11-8-19(27)9-12-24/h4-7,13-14,19,27H,2-3,8-12H2,1H3. The van der Waals surface area contributed by atoms with Gasteiger partial charge in [-0.15, -0.1) is 0 Å². The van der Waals surface area contributed by atoms with Gasteiger partial charge in [-0.2, -0.15) is 0 Å². The fourth-order valence-electron chi connectivity index (χ4n) is 4.03. The molecule has 3 heterocycles. The van der Waals surface area contributed by atoms with E-state index in [1.54, 1.807) is 24.1 Å². The molecule has 6 heteroatoms. The number of likely N-dealkylation sites (tertiary alicyclic amines) is 1. The Balaban J connectivity index is 1.53. The number of aromatic nitrogens is 1. The molecule has 2 aliphatic heterocycles. The van der Waals surface area contributed by atoms with Gasteiger partial charge in [0.15, 0.2) is 0 Å². The topological polar surface area (TPSA) is 73.7 Å². The van der Waals surface area contributed by atoms with Gasteiger partial charge in [-0.1, -0.05) is 12.1 Å². The van der Waals surface area contributed by atoms with Gasteiger partial charge in [-0.05, 0) is 55.0 Å². The number of aliphatic hydroxyl groups is 1.